The molecule has 0 aliphatic carbocycles. The number of benzene rings is 1. The van der Waals surface area contributed by atoms with Crippen molar-refractivity contribution in [3.05, 3.63) is 35.9 Å². The van der Waals surface area contributed by atoms with Gasteiger partial charge in [-0.25, -0.2) is 4.79 Å². The van der Waals surface area contributed by atoms with Gasteiger partial charge in [-0.15, -0.1) is 0 Å². The average molecular weight is 276 g/mol. The first-order valence-electron chi connectivity index (χ1n) is 7.28. The fraction of sp³-hybridized carbons (Fsp3) is 0.588. The minimum absolute atomic E-state index is 0.0878. The Kier molecular flexibility index (Phi) is 5.61. The third kappa shape index (κ3) is 7.17. The van der Waals surface area contributed by atoms with E-state index in [2.05, 4.69) is 57.4 Å². The predicted molar refractivity (Wildman–Crippen MR) is 84.8 cm³/mol. The van der Waals surface area contributed by atoms with E-state index in [-0.39, 0.29) is 17.0 Å². The van der Waals surface area contributed by atoms with Gasteiger partial charge in [-0.2, -0.15) is 0 Å². The summed E-state index contributed by atoms with van der Waals surface area (Å²) in [5.74, 6) is 0. The SMILES string of the molecule is CC(C)(C)CC(C)(C)NC(=O)NCCc1ccccc1. The van der Waals surface area contributed by atoms with Crippen LogP contribution in [0.2, 0.25) is 0 Å². The molecule has 3 nitrogen and oxygen atoms in total. The first-order valence-corrected chi connectivity index (χ1v) is 7.28. The van der Waals surface area contributed by atoms with Gasteiger partial charge in [0.15, 0.2) is 0 Å². The van der Waals surface area contributed by atoms with E-state index < -0.39 is 0 Å². The summed E-state index contributed by atoms with van der Waals surface area (Å²) >= 11 is 0. The van der Waals surface area contributed by atoms with Crippen LogP contribution in [0.1, 0.15) is 46.6 Å². The second-order valence-corrected chi connectivity index (χ2v) is 7.24. The van der Waals surface area contributed by atoms with Crippen LogP contribution in [-0.2, 0) is 6.42 Å². The number of carbonyl (C=O) groups is 1. The summed E-state index contributed by atoms with van der Waals surface area (Å²) in [5.41, 5.74) is 1.23. The average Bonchev–Trinajstić information content (AvgIpc) is 2.26. The topological polar surface area (TPSA) is 41.1 Å². The van der Waals surface area contributed by atoms with Crippen LogP contribution in [0.4, 0.5) is 4.79 Å². The molecule has 0 heterocycles. The monoisotopic (exact) mass is 276 g/mol. The van der Waals surface area contributed by atoms with Crippen LogP contribution in [0.25, 0.3) is 0 Å². The van der Waals surface area contributed by atoms with Gasteiger partial charge in [-0.05, 0) is 37.7 Å². The molecule has 0 saturated carbocycles. The Bertz CT molecular complexity index is 418. The van der Waals surface area contributed by atoms with E-state index >= 15 is 0 Å². The second-order valence-electron chi connectivity index (χ2n) is 7.24. The number of rotatable bonds is 5. The van der Waals surface area contributed by atoms with Crippen molar-refractivity contribution < 1.29 is 4.79 Å². The van der Waals surface area contributed by atoms with Gasteiger partial charge in [-0.1, -0.05) is 51.1 Å². The summed E-state index contributed by atoms with van der Waals surface area (Å²) < 4.78 is 0. The molecule has 3 heteroatoms. The van der Waals surface area contributed by atoms with Crippen LogP contribution in [0, 0.1) is 5.41 Å². The molecule has 0 fully saturated rings. The minimum atomic E-state index is -0.199. The van der Waals surface area contributed by atoms with Crippen molar-refractivity contribution >= 4 is 6.03 Å². The number of hydrogen-bond donors (Lipinski definition) is 2. The summed E-state index contributed by atoms with van der Waals surface area (Å²) in [6.07, 6.45) is 1.79. The first kappa shape index (κ1) is 16.5. The van der Waals surface area contributed by atoms with E-state index in [1.165, 1.54) is 5.56 Å². The van der Waals surface area contributed by atoms with E-state index in [0.717, 1.165) is 12.8 Å². The predicted octanol–water partition coefficient (Wildman–Crippen LogP) is 3.74. The Hall–Kier alpha value is -1.51. The quantitative estimate of drug-likeness (QED) is 0.845. The van der Waals surface area contributed by atoms with E-state index in [1.54, 1.807) is 0 Å². The van der Waals surface area contributed by atoms with Gasteiger partial charge in [-0.3, -0.25) is 0 Å². The number of hydrogen-bond acceptors (Lipinski definition) is 1. The molecule has 0 aromatic heterocycles. The normalized spacial score (nSPS) is 12.1. The van der Waals surface area contributed by atoms with Crippen LogP contribution in [0.3, 0.4) is 0 Å². The molecule has 2 amide bonds. The summed E-state index contributed by atoms with van der Waals surface area (Å²) in [4.78, 5) is 11.9. The molecule has 112 valence electrons. The highest BCUT2D eigenvalue weighted by Crippen LogP contribution is 2.26. The Morgan fingerprint density at radius 3 is 2.20 bits per heavy atom. The molecule has 0 spiro atoms. The van der Waals surface area contributed by atoms with Crippen molar-refractivity contribution in [3.8, 4) is 0 Å². The van der Waals surface area contributed by atoms with E-state index in [4.69, 9.17) is 0 Å². The summed E-state index contributed by atoms with van der Waals surface area (Å²) in [6, 6.07) is 10.1. The molecule has 0 atom stereocenters. The number of carbonyl (C=O) groups excluding carboxylic acids is 1. The molecule has 0 aliphatic heterocycles. The van der Waals surface area contributed by atoms with Crippen LogP contribution in [-0.4, -0.2) is 18.1 Å². The Balaban J connectivity index is 2.33. The second kappa shape index (κ2) is 6.78. The van der Waals surface area contributed by atoms with Gasteiger partial charge in [0.2, 0.25) is 0 Å². The maximum absolute atomic E-state index is 11.9. The fourth-order valence-electron chi connectivity index (χ4n) is 2.69. The molecule has 0 aliphatic rings. The van der Waals surface area contributed by atoms with Gasteiger partial charge < -0.3 is 10.6 Å². The highest BCUT2D eigenvalue weighted by molar-refractivity contribution is 5.74. The van der Waals surface area contributed by atoms with Gasteiger partial charge in [0, 0.05) is 12.1 Å². The molecule has 20 heavy (non-hydrogen) atoms. The van der Waals surface area contributed by atoms with Crippen molar-refractivity contribution in [2.75, 3.05) is 6.54 Å². The molecular formula is C17H28N2O. The zero-order valence-electron chi connectivity index (χ0n) is 13.4. The first-order chi connectivity index (χ1) is 9.18. The standard InChI is InChI=1S/C17H28N2O/c1-16(2,3)13-17(4,5)19-15(20)18-12-11-14-9-7-6-8-10-14/h6-10H,11-13H2,1-5H3,(H2,18,19,20). The zero-order chi connectivity index (χ0) is 15.2. The van der Waals surface area contributed by atoms with E-state index in [9.17, 15) is 4.79 Å². The van der Waals surface area contributed by atoms with Gasteiger partial charge >= 0.3 is 6.03 Å². The van der Waals surface area contributed by atoms with Crippen LogP contribution in [0.5, 0.6) is 0 Å². The van der Waals surface area contributed by atoms with Crippen molar-refractivity contribution in [1.29, 1.82) is 0 Å². The molecule has 1 aromatic rings. The molecule has 0 unspecified atom stereocenters. The van der Waals surface area contributed by atoms with E-state index in [0.29, 0.717) is 6.54 Å². The van der Waals surface area contributed by atoms with Gasteiger partial charge in [0.1, 0.15) is 0 Å². The van der Waals surface area contributed by atoms with Crippen LogP contribution >= 0.6 is 0 Å². The van der Waals surface area contributed by atoms with Crippen molar-refractivity contribution in [2.24, 2.45) is 5.41 Å². The minimum Gasteiger partial charge on any atom is -0.338 e. The highest BCUT2D eigenvalue weighted by Gasteiger charge is 2.26. The fourth-order valence-corrected chi connectivity index (χ4v) is 2.69. The van der Waals surface area contributed by atoms with Crippen molar-refractivity contribution in [3.63, 3.8) is 0 Å². The summed E-state index contributed by atoms with van der Waals surface area (Å²) in [6.45, 7) is 11.3. The third-order valence-electron chi connectivity index (χ3n) is 2.97. The molecule has 1 aromatic carbocycles. The van der Waals surface area contributed by atoms with Gasteiger partial charge in [0.25, 0.3) is 0 Å². The lowest BCUT2D eigenvalue weighted by Crippen LogP contribution is -2.50. The molecule has 0 saturated heterocycles. The maximum Gasteiger partial charge on any atom is 0.315 e. The summed E-state index contributed by atoms with van der Waals surface area (Å²) in [5, 5.41) is 5.97. The smallest absolute Gasteiger partial charge is 0.315 e. The number of nitrogens with one attached hydrogen (secondary N) is 2. The van der Waals surface area contributed by atoms with Crippen molar-refractivity contribution in [1.82, 2.24) is 10.6 Å². The number of amides is 2. The lowest BCUT2D eigenvalue weighted by Gasteiger charge is -2.33. The van der Waals surface area contributed by atoms with Crippen LogP contribution < -0.4 is 10.6 Å². The van der Waals surface area contributed by atoms with Crippen LogP contribution in [0.15, 0.2) is 30.3 Å². The molecular weight excluding hydrogens is 248 g/mol. The Morgan fingerprint density at radius 2 is 1.65 bits per heavy atom. The Labute approximate surface area is 123 Å². The molecule has 0 radical (unpaired) electrons. The Morgan fingerprint density at radius 1 is 1.05 bits per heavy atom. The lowest BCUT2D eigenvalue weighted by molar-refractivity contribution is 0.210. The van der Waals surface area contributed by atoms with Gasteiger partial charge in [0.05, 0.1) is 0 Å². The lowest BCUT2D eigenvalue weighted by atomic mass is 9.82. The van der Waals surface area contributed by atoms with E-state index in [1.807, 2.05) is 18.2 Å². The zero-order valence-corrected chi connectivity index (χ0v) is 13.4. The summed E-state index contributed by atoms with van der Waals surface area (Å²) in [7, 11) is 0. The largest absolute Gasteiger partial charge is 0.338 e. The maximum atomic E-state index is 11.9. The molecule has 1 rings (SSSR count). The molecule has 2 N–H and O–H groups in total. The number of urea groups is 1. The van der Waals surface area contributed by atoms with Crippen molar-refractivity contribution in [2.45, 2.75) is 53.0 Å². The highest BCUT2D eigenvalue weighted by atomic mass is 16.2. The third-order valence-corrected chi connectivity index (χ3v) is 2.97. The molecule has 0 bridgehead atoms.